The summed E-state index contributed by atoms with van der Waals surface area (Å²) in [6, 6.07) is 6.58. The second-order valence-corrected chi connectivity index (χ2v) is 5.84. The Morgan fingerprint density at radius 1 is 1.38 bits per heavy atom. The first-order valence-corrected chi connectivity index (χ1v) is 7.66. The number of fused-ring (bicyclic) bond motifs is 1. The third-order valence-corrected chi connectivity index (χ3v) is 4.51. The Morgan fingerprint density at radius 3 is 2.81 bits per heavy atom. The van der Waals surface area contributed by atoms with Crippen LogP contribution in [0.15, 0.2) is 28.7 Å². The Bertz CT molecular complexity index is 613. The predicted molar refractivity (Wildman–Crippen MR) is 80.8 cm³/mol. The van der Waals surface area contributed by atoms with Gasteiger partial charge in [0.2, 0.25) is 0 Å². The maximum Gasteiger partial charge on any atom is 0.134 e. The maximum absolute atomic E-state index is 13.3. The van der Waals surface area contributed by atoms with Gasteiger partial charge in [-0.2, -0.15) is 0 Å². The first kappa shape index (κ1) is 14.5. The zero-order valence-corrected chi connectivity index (χ0v) is 12.6. The van der Waals surface area contributed by atoms with Crippen molar-refractivity contribution in [3.8, 4) is 0 Å². The molecule has 0 radical (unpaired) electrons. The zero-order chi connectivity index (χ0) is 14.9. The van der Waals surface area contributed by atoms with E-state index in [1.807, 2.05) is 6.07 Å². The zero-order valence-electron chi connectivity index (χ0n) is 12.6. The van der Waals surface area contributed by atoms with Gasteiger partial charge in [-0.3, -0.25) is 0 Å². The number of ether oxygens (including phenoxy) is 1. The van der Waals surface area contributed by atoms with E-state index in [-0.39, 0.29) is 17.5 Å². The molecule has 0 aliphatic heterocycles. The minimum Gasteiger partial charge on any atom is -0.459 e. The van der Waals surface area contributed by atoms with Crippen molar-refractivity contribution in [3.63, 3.8) is 0 Å². The number of rotatable bonds is 6. The van der Waals surface area contributed by atoms with Gasteiger partial charge in [0.15, 0.2) is 0 Å². The molecule has 0 spiro atoms. The number of methoxy groups -OCH3 is 1. The van der Waals surface area contributed by atoms with Gasteiger partial charge in [-0.05, 0) is 56.5 Å². The van der Waals surface area contributed by atoms with Crippen LogP contribution in [0.5, 0.6) is 0 Å². The highest BCUT2D eigenvalue weighted by atomic mass is 19.1. The van der Waals surface area contributed by atoms with Crippen LogP contribution in [0.1, 0.15) is 44.4 Å². The van der Waals surface area contributed by atoms with Crippen LogP contribution in [0.25, 0.3) is 11.0 Å². The molecule has 1 aromatic carbocycles. The smallest absolute Gasteiger partial charge is 0.134 e. The number of hydrogen-bond donors (Lipinski definition) is 1. The van der Waals surface area contributed by atoms with Crippen LogP contribution < -0.4 is 5.32 Å². The van der Waals surface area contributed by atoms with Gasteiger partial charge in [-0.1, -0.05) is 6.92 Å². The van der Waals surface area contributed by atoms with Gasteiger partial charge in [0.05, 0.1) is 11.6 Å². The quantitative estimate of drug-likeness (QED) is 0.867. The van der Waals surface area contributed by atoms with Gasteiger partial charge in [0.25, 0.3) is 0 Å². The lowest BCUT2D eigenvalue weighted by Crippen LogP contribution is -2.50. The molecule has 0 saturated heterocycles. The van der Waals surface area contributed by atoms with E-state index in [1.165, 1.54) is 18.6 Å². The monoisotopic (exact) mass is 291 g/mol. The second kappa shape index (κ2) is 5.78. The molecule has 3 nitrogen and oxygen atoms in total. The molecule has 0 bridgehead atoms. The highest BCUT2D eigenvalue weighted by molar-refractivity contribution is 5.78. The van der Waals surface area contributed by atoms with Crippen LogP contribution in [0.3, 0.4) is 0 Å². The van der Waals surface area contributed by atoms with Crippen LogP contribution in [0.4, 0.5) is 4.39 Å². The number of nitrogens with one attached hydrogen (secondary N) is 1. The summed E-state index contributed by atoms with van der Waals surface area (Å²) >= 11 is 0. The maximum atomic E-state index is 13.3. The summed E-state index contributed by atoms with van der Waals surface area (Å²) in [5.74, 6) is 0.601. The molecule has 4 heteroatoms. The fraction of sp³-hybridized carbons (Fsp3) is 0.529. The van der Waals surface area contributed by atoms with E-state index in [0.29, 0.717) is 0 Å². The molecule has 1 unspecified atom stereocenters. The summed E-state index contributed by atoms with van der Waals surface area (Å²) in [4.78, 5) is 0. The minimum absolute atomic E-state index is 0.0201. The molecule has 1 aliphatic carbocycles. The Morgan fingerprint density at radius 2 is 2.19 bits per heavy atom. The summed E-state index contributed by atoms with van der Waals surface area (Å²) in [5, 5.41) is 4.35. The number of halogens is 1. The normalized spacial score (nSPS) is 18.6. The van der Waals surface area contributed by atoms with E-state index >= 15 is 0 Å². The van der Waals surface area contributed by atoms with E-state index in [1.54, 1.807) is 13.2 Å². The topological polar surface area (TPSA) is 34.4 Å². The van der Waals surface area contributed by atoms with Crippen molar-refractivity contribution in [3.05, 3.63) is 35.8 Å². The molecule has 1 aromatic heterocycles. The molecule has 114 valence electrons. The van der Waals surface area contributed by atoms with Crippen molar-refractivity contribution in [2.45, 2.75) is 44.2 Å². The molecule has 0 amide bonds. The van der Waals surface area contributed by atoms with Gasteiger partial charge in [-0.15, -0.1) is 0 Å². The lowest BCUT2D eigenvalue weighted by atomic mass is 9.73. The summed E-state index contributed by atoms with van der Waals surface area (Å²) in [5.41, 5.74) is 0.530. The lowest BCUT2D eigenvalue weighted by Gasteiger charge is -2.46. The van der Waals surface area contributed by atoms with Gasteiger partial charge in [0, 0.05) is 12.5 Å². The third kappa shape index (κ3) is 2.58. The third-order valence-electron chi connectivity index (χ3n) is 4.51. The summed E-state index contributed by atoms with van der Waals surface area (Å²) in [6.45, 7) is 3.04. The fourth-order valence-corrected chi connectivity index (χ4v) is 3.15. The number of benzene rings is 1. The van der Waals surface area contributed by atoms with Crippen molar-refractivity contribution in [1.82, 2.24) is 5.32 Å². The largest absolute Gasteiger partial charge is 0.459 e. The van der Waals surface area contributed by atoms with Crippen LogP contribution in [0.2, 0.25) is 0 Å². The van der Waals surface area contributed by atoms with Crippen LogP contribution in [0, 0.1) is 5.82 Å². The van der Waals surface area contributed by atoms with Crippen molar-refractivity contribution in [1.29, 1.82) is 0 Å². The second-order valence-electron chi connectivity index (χ2n) is 5.84. The van der Waals surface area contributed by atoms with E-state index in [0.717, 1.165) is 42.5 Å². The number of hydrogen-bond acceptors (Lipinski definition) is 3. The standard InChI is InChI=1S/C17H22FNO2/c1-3-9-19-16(17(20-2)7-4-8-17)15-11-12-10-13(18)5-6-14(12)21-15/h5-6,10-11,16,19H,3-4,7-9H2,1-2H3. The Balaban J connectivity index is 1.97. The fourth-order valence-electron chi connectivity index (χ4n) is 3.15. The molecule has 2 aromatic rings. The van der Waals surface area contributed by atoms with Crippen molar-refractivity contribution >= 4 is 11.0 Å². The molecule has 21 heavy (non-hydrogen) atoms. The molecule has 1 aliphatic rings. The van der Waals surface area contributed by atoms with E-state index in [2.05, 4.69) is 12.2 Å². The molecular formula is C17H22FNO2. The molecule has 1 fully saturated rings. The van der Waals surface area contributed by atoms with Crippen molar-refractivity contribution < 1.29 is 13.5 Å². The first-order chi connectivity index (χ1) is 10.2. The average molecular weight is 291 g/mol. The molecular weight excluding hydrogens is 269 g/mol. The van der Waals surface area contributed by atoms with Crippen molar-refractivity contribution in [2.24, 2.45) is 0 Å². The van der Waals surface area contributed by atoms with E-state index in [9.17, 15) is 4.39 Å². The summed E-state index contributed by atoms with van der Waals surface area (Å²) in [7, 11) is 1.77. The molecule has 1 atom stereocenters. The highest BCUT2D eigenvalue weighted by Crippen LogP contribution is 2.45. The van der Waals surface area contributed by atoms with E-state index in [4.69, 9.17) is 9.15 Å². The summed E-state index contributed by atoms with van der Waals surface area (Å²) in [6.07, 6.45) is 4.27. The van der Waals surface area contributed by atoms with Gasteiger partial charge < -0.3 is 14.5 Å². The summed E-state index contributed by atoms with van der Waals surface area (Å²) < 4.78 is 25.1. The average Bonchev–Trinajstić information content (AvgIpc) is 2.84. The predicted octanol–water partition coefficient (Wildman–Crippen LogP) is 4.18. The Kier molecular flexibility index (Phi) is 4.00. The van der Waals surface area contributed by atoms with E-state index < -0.39 is 0 Å². The molecule has 3 rings (SSSR count). The van der Waals surface area contributed by atoms with Crippen molar-refractivity contribution in [2.75, 3.05) is 13.7 Å². The SMILES string of the molecule is CCCNC(c1cc2cc(F)ccc2o1)C1(OC)CCC1. The van der Waals surface area contributed by atoms with Crippen LogP contribution in [-0.4, -0.2) is 19.3 Å². The Hall–Kier alpha value is -1.39. The highest BCUT2D eigenvalue weighted by Gasteiger charge is 2.46. The minimum atomic E-state index is -0.238. The number of furan rings is 1. The molecule has 1 N–H and O–H groups in total. The molecule has 1 heterocycles. The molecule has 1 saturated carbocycles. The first-order valence-electron chi connectivity index (χ1n) is 7.66. The van der Waals surface area contributed by atoms with Gasteiger partial charge >= 0.3 is 0 Å². The lowest BCUT2D eigenvalue weighted by molar-refractivity contribution is -0.104. The van der Waals surface area contributed by atoms with Gasteiger partial charge in [-0.25, -0.2) is 4.39 Å². The Labute approximate surface area is 124 Å². The van der Waals surface area contributed by atoms with Crippen LogP contribution in [-0.2, 0) is 4.74 Å². The van der Waals surface area contributed by atoms with Crippen LogP contribution >= 0.6 is 0 Å². The van der Waals surface area contributed by atoms with Gasteiger partial charge in [0.1, 0.15) is 17.2 Å².